The highest BCUT2D eigenvalue weighted by atomic mass is 16.4. The number of carboxylic acid groups (broad SMARTS) is 1. The number of aliphatic carboxylic acids is 1. The summed E-state index contributed by atoms with van der Waals surface area (Å²) in [6, 6.07) is 10.8. The fourth-order valence-electron chi connectivity index (χ4n) is 2.89. The molecule has 0 amide bonds. The molecule has 0 aromatic heterocycles. The van der Waals surface area contributed by atoms with Crippen LogP contribution in [0.25, 0.3) is 0 Å². The van der Waals surface area contributed by atoms with E-state index in [1.807, 2.05) is 0 Å². The van der Waals surface area contributed by atoms with Gasteiger partial charge in [-0.1, -0.05) is 30.3 Å². The Kier molecular flexibility index (Phi) is 5.40. The first-order valence-corrected chi connectivity index (χ1v) is 7.25. The minimum absolute atomic E-state index is 0.290. The molecule has 1 aromatic rings. The van der Waals surface area contributed by atoms with Crippen molar-refractivity contribution in [3.63, 3.8) is 0 Å². The van der Waals surface area contributed by atoms with Gasteiger partial charge in [-0.15, -0.1) is 0 Å². The molecule has 0 saturated carbocycles. The Labute approximate surface area is 115 Å². The van der Waals surface area contributed by atoms with Gasteiger partial charge in [-0.3, -0.25) is 4.79 Å². The van der Waals surface area contributed by atoms with E-state index in [1.165, 1.54) is 24.8 Å². The number of likely N-dealkylation sites (tertiary alicyclic amines) is 1. The number of nitrogens with zero attached hydrogens (tertiary/aromatic N) is 1. The minimum atomic E-state index is -0.683. The van der Waals surface area contributed by atoms with E-state index >= 15 is 0 Å². The van der Waals surface area contributed by atoms with Gasteiger partial charge < -0.3 is 10.0 Å². The fourth-order valence-corrected chi connectivity index (χ4v) is 2.89. The lowest BCUT2D eigenvalue weighted by atomic mass is 9.92. The molecule has 0 spiro atoms. The van der Waals surface area contributed by atoms with E-state index in [9.17, 15) is 4.79 Å². The molecule has 0 radical (unpaired) electrons. The van der Waals surface area contributed by atoms with E-state index in [-0.39, 0.29) is 0 Å². The van der Waals surface area contributed by atoms with Crippen molar-refractivity contribution in [3.05, 3.63) is 35.9 Å². The van der Waals surface area contributed by atoms with Gasteiger partial charge in [0.1, 0.15) is 0 Å². The van der Waals surface area contributed by atoms with Crippen molar-refractivity contribution >= 4 is 5.97 Å². The van der Waals surface area contributed by atoms with Gasteiger partial charge in [0.05, 0.1) is 0 Å². The van der Waals surface area contributed by atoms with E-state index in [0.717, 1.165) is 26.1 Å². The van der Waals surface area contributed by atoms with Gasteiger partial charge >= 0.3 is 5.97 Å². The number of benzene rings is 1. The van der Waals surface area contributed by atoms with E-state index in [2.05, 4.69) is 35.2 Å². The van der Waals surface area contributed by atoms with Crippen LogP contribution in [0.15, 0.2) is 30.3 Å². The molecule has 1 aliphatic heterocycles. The van der Waals surface area contributed by atoms with Crippen molar-refractivity contribution in [2.75, 3.05) is 19.6 Å². The van der Waals surface area contributed by atoms with Crippen LogP contribution in [0.3, 0.4) is 0 Å². The van der Waals surface area contributed by atoms with Crippen LogP contribution < -0.4 is 0 Å². The lowest BCUT2D eigenvalue weighted by Gasteiger charge is -2.19. The van der Waals surface area contributed by atoms with Gasteiger partial charge in [0.15, 0.2) is 0 Å². The summed E-state index contributed by atoms with van der Waals surface area (Å²) < 4.78 is 0. The Morgan fingerprint density at radius 1 is 1.21 bits per heavy atom. The zero-order valence-corrected chi connectivity index (χ0v) is 11.4. The molecule has 0 bridgehead atoms. The summed E-state index contributed by atoms with van der Waals surface area (Å²) in [5.74, 6) is -0.0114. The Balaban J connectivity index is 1.80. The predicted molar refractivity (Wildman–Crippen MR) is 76.3 cm³/mol. The van der Waals surface area contributed by atoms with Gasteiger partial charge in [0.25, 0.3) is 0 Å². The van der Waals surface area contributed by atoms with Crippen molar-refractivity contribution < 1.29 is 9.90 Å². The molecule has 104 valence electrons. The second kappa shape index (κ2) is 7.29. The molecule has 1 heterocycles. The van der Waals surface area contributed by atoms with Crippen LogP contribution in [-0.2, 0) is 4.79 Å². The van der Waals surface area contributed by atoms with Crippen molar-refractivity contribution in [2.24, 2.45) is 0 Å². The summed E-state index contributed by atoms with van der Waals surface area (Å²) in [5.41, 5.74) is 1.45. The zero-order valence-electron chi connectivity index (χ0n) is 11.4. The second-order valence-electron chi connectivity index (χ2n) is 5.38. The van der Waals surface area contributed by atoms with Gasteiger partial charge in [-0.25, -0.2) is 0 Å². The van der Waals surface area contributed by atoms with Crippen LogP contribution in [0, 0.1) is 0 Å². The predicted octanol–water partition coefficient (Wildman–Crippen LogP) is 3.12. The number of carbonyl (C=O) groups is 1. The summed E-state index contributed by atoms with van der Waals surface area (Å²) in [5, 5.41) is 8.67. The van der Waals surface area contributed by atoms with Gasteiger partial charge in [0.2, 0.25) is 0 Å². The molecule has 0 aliphatic carbocycles. The van der Waals surface area contributed by atoms with Crippen molar-refractivity contribution in [3.8, 4) is 0 Å². The molecule has 19 heavy (non-hydrogen) atoms. The maximum atomic E-state index is 10.5. The topological polar surface area (TPSA) is 40.5 Å². The van der Waals surface area contributed by atoms with Crippen LogP contribution in [-0.4, -0.2) is 35.6 Å². The summed E-state index contributed by atoms with van der Waals surface area (Å²) >= 11 is 0. The van der Waals surface area contributed by atoms with Gasteiger partial charge in [-0.2, -0.15) is 0 Å². The molecule has 1 unspecified atom stereocenters. The van der Waals surface area contributed by atoms with E-state index < -0.39 is 5.97 Å². The van der Waals surface area contributed by atoms with Crippen LogP contribution in [0.2, 0.25) is 0 Å². The third-order valence-corrected chi connectivity index (χ3v) is 3.96. The smallest absolute Gasteiger partial charge is 0.303 e. The molecular weight excluding hydrogens is 238 g/mol. The molecule has 1 atom stereocenters. The second-order valence-corrected chi connectivity index (χ2v) is 5.38. The zero-order chi connectivity index (χ0) is 13.5. The highest BCUT2D eigenvalue weighted by Crippen LogP contribution is 2.27. The fraction of sp³-hybridized carbons (Fsp3) is 0.562. The minimum Gasteiger partial charge on any atom is -0.481 e. The summed E-state index contributed by atoms with van der Waals surface area (Å²) in [7, 11) is 0. The quantitative estimate of drug-likeness (QED) is 0.885. The first-order chi connectivity index (χ1) is 9.25. The Bertz CT molecular complexity index is 391. The molecule has 1 N–H and O–H groups in total. The monoisotopic (exact) mass is 261 g/mol. The summed E-state index contributed by atoms with van der Waals surface area (Å²) in [6.45, 7) is 3.13. The average Bonchev–Trinajstić information content (AvgIpc) is 2.65. The van der Waals surface area contributed by atoms with Gasteiger partial charge in [0, 0.05) is 6.42 Å². The summed E-state index contributed by atoms with van der Waals surface area (Å²) in [6.07, 6.45) is 4.72. The molecule has 2 rings (SSSR count). The Hall–Kier alpha value is -1.35. The number of rotatable bonds is 5. The molecule has 1 aromatic carbocycles. The van der Waals surface area contributed by atoms with Crippen molar-refractivity contribution in [2.45, 2.75) is 38.0 Å². The van der Waals surface area contributed by atoms with Crippen LogP contribution in [0.1, 0.15) is 43.6 Å². The van der Waals surface area contributed by atoms with Crippen LogP contribution in [0.4, 0.5) is 0 Å². The normalized spacial score (nSPS) is 20.9. The highest BCUT2D eigenvalue weighted by molar-refractivity contribution is 5.66. The lowest BCUT2D eigenvalue weighted by Crippen LogP contribution is -2.26. The SMILES string of the molecule is O=C(O)CCCN1CCCC(c2ccccc2)CC1. The third-order valence-electron chi connectivity index (χ3n) is 3.96. The van der Waals surface area contributed by atoms with E-state index in [0.29, 0.717) is 12.3 Å². The molecule has 3 nitrogen and oxygen atoms in total. The number of carboxylic acids is 1. The number of hydrogen-bond acceptors (Lipinski definition) is 2. The molecular formula is C16H23NO2. The molecule has 3 heteroatoms. The lowest BCUT2D eigenvalue weighted by molar-refractivity contribution is -0.137. The Morgan fingerprint density at radius 3 is 2.74 bits per heavy atom. The number of hydrogen-bond donors (Lipinski definition) is 1. The van der Waals surface area contributed by atoms with E-state index in [4.69, 9.17) is 5.11 Å². The highest BCUT2D eigenvalue weighted by Gasteiger charge is 2.18. The van der Waals surface area contributed by atoms with Crippen molar-refractivity contribution in [1.29, 1.82) is 0 Å². The molecule has 1 aliphatic rings. The maximum absolute atomic E-state index is 10.5. The van der Waals surface area contributed by atoms with Gasteiger partial charge in [-0.05, 0) is 56.8 Å². The Morgan fingerprint density at radius 2 is 2.00 bits per heavy atom. The van der Waals surface area contributed by atoms with Crippen molar-refractivity contribution in [1.82, 2.24) is 4.90 Å². The average molecular weight is 261 g/mol. The molecule has 1 fully saturated rings. The maximum Gasteiger partial charge on any atom is 0.303 e. The first-order valence-electron chi connectivity index (χ1n) is 7.25. The van der Waals surface area contributed by atoms with Crippen LogP contribution in [0.5, 0.6) is 0 Å². The van der Waals surface area contributed by atoms with Crippen LogP contribution >= 0.6 is 0 Å². The first kappa shape index (κ1) is 14.1. The standard InChI is InChI=1S/C16H23NO2/c18-16(19)9-5-12-17-11-4-8-15(10-13-17)14-6-2-1-3-7-14/h1-3,6-7,15H,4-5,8-13H2,(H,18,19). The molecule has 1 saturated heterocycles. The largest absolute Gasteiger partial charge is 0.481 e. The summed E-state index contributed by atoms with van der Waals surface area (Å²) in [4.78, 5) is 12.9. The van der Waals surface area contributed by atoms with E-state index in [1.54, 1.807) is 0 Å². The third kappa shape index (κ3) is 4.67.